The SMILES string of the molecule is Nc1ccc(Oc2cc(F)ccc2F)nn1. The standard InChI is InChI=1S/C10H7F2N3O/c11-6-1-2-7(12)8(5-6)16-10-4-3-9(13)14-15-10/h1-5H,(H2,13,14). The average molecular weight is 223 g/mol. The lowest BCUT2D eigenvalue weighted by Crippen LogP contribution is -1.96. The fraction of sp³-hybridized carbons (Fsp3) is 0. The molecule has 0 saturated heterocycles. The maximum atomic E-state index is 13.2. The van der Waals surface area contributed by atoms with E-state index in [1.165, 1.54) is 12.1 Å². The number of rotatable bonds is 2. The summed E-state index contributed by atoms with van der Waals surface area (Å²) in [5, 5.41) is 7.07. The summed E-state index contributed by atoms with van der Waals surface area (Å²) in [7, 11) is 0. The zero-order valence-corrected chi connectivity index (χ0v) is 8.02. The minimum absolute atomic E-state index is 0.0405. The molecule has 82 valence electrons. The van der Waals surface area contributed by atoms with Crippen LogP contribution in [0, 0.1) is 11.6 Å². The molecule has 0 atom stereocenters. The topological polar surface area (TPSA) is 61.0 Å². The van der Waals surface area contributed by atoms with Gasteiger partial charge in [0, 0.05) is 12.1 Å². The second-order valence-corrected chi connectivity index (χ2v) is 2.97. The summed E-state index contributed by atoms with van der Waals surface area (Å²) in [6.07, 6.45) is 0. The van der Waals surface area contributed by atoms with Crippen LogP contribution >= 0.6 is 0 Å². The Labute approximate surface area is 89.7 Å². The summed E-state index contributed by atoms with van der Waals surface area (Å²) >= 11 is 0. The van der Waals surface area contributed by atoms with Gasteiger partial charge in [0.05, 0.1) is 0 Å². The largest absolute Gasteiger partial charge is 0.434 e. The van der Waals surface area contributed by atoms with Crippen LogP contribution < -0.4 is 10.5 Å². The fourth-order valence-corrected chi connectivity index (χ4v) is 1.05. The quantitative estimate of drug-likeness (QED) is 0.847. The van der Waals surface area contributed by atoms with Gasteiger partial charge in [0.1, 0.15) is 11.6 Å². The number of nitrogen functional groups attached to an aromatic ring is 1. The first-order valence-corrected chi connectivity index (χ1v) is 4.37. The van der Waals surface area contributed by atoms with E-state index in [-0.39, 0.29) is 17.4 Å². The summed E-state index contributed by atoms with van der Waals surface area (Å²) in [5.41, 5.74) is 5.31. The zero-order valence-electron chi connectivity index (χ0n) is 8.02. The third-order valence-electron chi connectivity index (χ3n) is 1.77. The van der Waals surface area contributed by atoms with Gasteiger partial charge in [-0.2, -0.15) is 0 Å². The Kier molecular flexibility index (Phi) is 2.63. The van der Waals surface area contributed by atoms with Gasteiger partial charge in [-0.1, -0.05) is 0 Å². The van der Waals surface area contributed by atoms with Crippen molar-refractivity contribution in [2.45, 2.75) is 0 Å². The van der Waals surface area contributed by atoms with Gasteiger partial charge in [-0.15, -0.1) is 10.2 Å². The minimum Gasteiger partial charge on any atom is -0.434 e. The molecule has 1 aromatic carbocycles. The third kappa shape index (κ3) is 2.22. The van der Waals surface area contributed by atoms with E-state index in [4.69, 9.17) is 10.5 Å². The highest BCUT2D eigenvalue weighted by Crippen LogP contribution is 2.23. The van der Waals surface area contributed by atoms with Gasteiger partial charge in [0.2, 0.25) is 5.88 Å². The van der Waals surface area contributed by atoms with Gasteiger partial charge in [-0.25, -0.2) is 8.78 Å². The molecule has 2 N–H and O–H groups in total. The van der Waals surface area contributed by atoms with Gasteiger partial charge in [0.25, 0.3) is 0 Å². The van der Waals surface area contributed by atoms with Gasteiger partial charge < -0.3 is 10.5 Å². The van der Waals surface area contributed by atoms with Crippen molar-refractivity contribution >= 4 is 5.82 Å². The number of hydrogen-bond acceptors (Lipinski definition) is 4. The normalized spacial score (nSPS) is 10.1. The van der Waals surface area contributed by atoms with Crippen molar-refractivity contribution < 1.29 is 13.5 Å². The molecule has 16 heavy (non-hydrogen) atoms. The lowest BCUT2D eigenvalue weighted by atomic mass is 10.3. The van der Waals surface area contributed by atoms with E-state index in [1.54, 1.807) is 0 Å². The van der Waals surface area contributed by atoms with E-state index in [1.807, 2.05) is 0 Å². The van der Waals surface area contributed by atoms with Gasteiger partial charge in [-0.3, -0.25) is 0 Å². The molecule has 1 heterocycles. The van der Waals surface area contributed by atoms with Crippen molar-refractivity contribution in [2.24, 2.45) is 0 Å². The molecule has 0 aliphatic heterocycles. The lowest BCUT2D eigenvalue weighted by molar-refractivity contribution is 0.417. The number of halogens is 2. The van der Waals surface area contributed by atoms with Crippen LogP contribution in [0.4, 0.5) is 14.6 Å². The van der Waals surface area contributed by atoms with Crippen LogP contribution in [0.2, 0.25) is 0 Å². The van der Waals surface area contributed by atoms with Crippen molar-refractivity contribution in [3.05, 3.63) is 42.0 Å². The molecular weight excluding hydrogens is 216 g/mol. The van der Waals surface area contributed by atoms with Crippen LogP contribution in [0.3, 0.4) is 0 Å². The molecule has 2 rings (SSSR count). The second-order valence-electron chi connectivity index (χ2n) is 2.97. The van der Waals surface area contributed by atoms with E-state index < -0.39 is 11.6 Å². The number of nitrogens with zero attached hydrogens (tertiary/aromatic N) is 2. The van der Waals surface area contributed by atoms with Crippen molar-refractivity contribution in [1.82, 2.24) is 10.2 Å². The first kappa shape index (κ1) is 10.3. The lowest BCUT2D eigenvalue weighted by Gasteiger charge is -2.04. The Morgan fingerprint density at radius 1 is 1.06 bits per heavy atom. The maximum absolute atomic E-state index is 13.2. The third-order valence-corrected chi connectivity index (χ3v) is 1.77. The van der Waals surface area contributed by atoms with Crippen LogP contribution in [0.15, 0.2) is 30.3 Å². The number of hydrogen-bond donors (Lipinski definition) is 1. The summed E-state index contributed by atoms with van der Waals surface area (Å²) < 4.78 is 31.0. The number of nitrogens with two attached hydrogens (primary N) is 1. The molecule has 6 heteroatoms. The Morgan fingerprint density at radius 2 is 1.88 bits per heavy atom. The van der Waals surface area contributed by atoms with Gasteiger partial charge in [-0.05, 0) is 18.2 Å². The number of ether oxygens (including phenoxy) is 1. The molecule has 0 spiro atoms. The van der Waals surface area contributed by atoms with E-state index in [0.29, 0.717) is 0 Å². The van der Waals surface area contributed by atoms with Crippen LogP contribution in [0.25, 0.3) is 0 Å². The molecule has 0 aliphatic rings. The van der Waals surface area contributed by atoms with Gasteiger partial charge >= 0.3 is 0 Å². The average Bonchev–Trinajstić information content (AvgIpc) is 2.27. The van der Waals surface area contributed by atoms with Crippen molar-refractivity contribution in [3.63, 3.8) is 0 Å². The minimum atomic E-state index is -0.681. The summed E-state index contributed by atoms with van der Waals surface area (Å²) in [5.74, 6) is -1.27. The van der Waals surface area contributed by atoms with Crippen LogP contribution in [-0.4, -0.2) is 10.2 Å². The van der Waals surface area contributed by atoms with E-state index >= 15 is 0 Å². The molecular formula is C10H7F2N3O. The Bertz CT molecular complexity index is 502. The molecule has 2 aromatic rings. The maximum Gasteiger partial charge on any atom is 0.239 e. The number of aromatic nitrogens is 2. The summed E-state index contributed by atoms with van der Waals surface area (Å²) in [4.78, 5) is 0. The van der Waals surface area contributed by atoms with E-state index in [9.17, 15) is 8.78 Å². The van der Waals surface area contributed by atoms with Crippen LogP contribution in [0.1, 0.15) is 0 Å². The first-order valence-electron chi connectivity index (χ1n) is 4.37. The molecule has 0 unspecified atom stereocenters. The summed E-state index contributed by atoms with van der Waals surface area (Å²) in [6, 6.07) is 5.74. The molecule has 0 amide bonds. The van der Waals surface area contributed by atoms with Crippen molar-refractivity contribution in [3.8, 4) is 11.6 Å². The highest BCUT2D eigenvalue weighted by Gasteiger charge is 2.07. The predicted octanol–water partition coefficient (Wildman–Crippen LogP) is 2.13. The second kappa shape index (κ2) is 4.09. The molecule has 0 fully saturated rings. The summed E-state index contributed by atoms with van der Waals surface area (Å²) in [6.45, 7) is 0. The molecule has 0 aliphatic carbocycles. The van der Waals surface area contributed by atoms with Crippen LogP contribution in [-0.2, 0) is 0 Å². The van der Waals surface area contributed by atoms with Crippen molar-refractivity contribution in [2.75, 3.05) is 5.73 Å². The van der Waals surface area contributed by atoms with Crippen molar-refractivity contribution in [1.29, 1.82) is 0 Å². The Morgan fingerprint density at radius 3 is 2.56 bits per heavy atom. The van der Waals surface area contributed by atoms with Crippen LogP contribution in [0.5, 0.6) is 11.6 Å². The highest BCUT2D eigenvalue weighted by atomic mass is 19.1. The zero-order chi connectivity index (χ0) is 11.5. The number of benzene rings is 1. The Balaban J connectivity index is 2.26. The fourth-order valence-electron chi connectivity index (χ4n) is 1.05. The van der Waals surface area contributed by atoms with E-state index in [2.05, 4.69) is 10.2 Å². The Hall–Kier alpha value is -2.24. The van der Waals surface area contributed by atoms with E-state index in [0.717, 1.165) is 18.2 Å². The first-order chi connectivity index (χ1) is 7.65. The monoisotopic (exact) mass is 223 g/mol. The number of anilines is 1. The molecule has 1 aromatic heterocycles. The molecule has 0 bridgehead atoms. The van der Waals surface area contributed by atoms with Gasteiger partial charge in [0.15, 0.2) is 11.6 Å². The smallest absolute Gasteiger partial charge is 0.239 e. The highest BCUT2D eigenvalue weighted by molar-refractivity contribution is 5.32. The molecule has 4 nitrogen and oxygen atoms in total. The molecule has 0 saturated carbocycles. The predicted molar refractivity (Wildman–Crippen MR) is 52.9 cm³/mol. The molecule has 0 radical (unpaired) electrons.